The molecule has 2 aromatic rings. The van der Waals surface area contributed by atoms with Gasteiger partial charge < -0.3 is 10.1 Å². The fourth-order valence-electron chi connectivity index (χ4n) is 3.08. The Kier molecular flexibility index (Phi) is 6.74. The summed E-state index contributed by atoms with van der Waals surface area (Å²) in [6, 6.07) is 13.8. The van der Waals surface area contributed by atoms with Crippen LogP contribution in [0, 0.1) is 0 Å². The third-order valence-corrected chi connectivity index (χ3v) is 7.03. The van der Waals surface area contributed by atoms with Crippen LogP contribution in [-0.2, 0) is 14.8 Å². The molecule has 0 spiro atoms. The smallest absolute Gasteiger partial charge is 0.258 e. The maximum atomic E-state index is 12.5. The van der Waals surface area contributed by atoms with E-state index >= 15 is 0 Å². The number of halogens is 1. The number of carbonyl (C=O) groups is 1. The molecule has 0 aromatic heterocycles. The predicted octanol–water partition coefficient (Wildman–Crippen LogP) is 3.49. The van der Waals surface area contributed by atoms with Crippen molar-refractivity contribution >= 4 is 31.9 Å². The maximum Gasteiger partial charge on any atom is 0.258 e. The first-order chi connectivity index (χ1) is 13.4. The highest BCUT2D eigenvalue weighted by molar-refractivity contribution is 9.10. The summed E-state index contributed by atoms with van der Waals surface area (Å²) in [7, 11) is -3.44. The normalized spacial score (nSPS) is 15.9. The molecule has 6 nitrogen and oxygen atoms in total. The summed E-state index contributed by atoms with van der Waals surface area (Å²) < 4.78 is 33.0. The van der Waals surface area contributed by atoms with Crippen LogP contribution in [0.3, 0.4) is 0 Å². The van der Waals surface area contributed by atoms with Gasteiger partial charge in [0.05, 0.1) is 10.9 Å². The highest BCUT2D eigenvalue weighted by atomic mass is 79.9. The molecule has 1 fully saturated rings. The largest absolute Gasteiger partial charge is 0.484 e. The zero-order valence-electron chi connectivity index (χ0n) is 15.6. The second kappa shape index (κ2) is 9.07. The summed E-state index contributed by atoms with van der Waals surface area (Å²) >= 11 is 3.42. The van der Waals surface area contributed by atoms with Gasteiger partial charge in [-0.2, -0.15) is 4.31 Å². The third kappa shape index (κ3) is 5.12. The maximum absolute atomic E-state index is 12.5. The summed E-state index contributed by atoms with van der Waals surface area (Å²) in [6.45, 7) is 2.89. The average Bonchev–Trinajstić information content (AvgIpc) is 3.22. The van der Waals surface area contributed by atoms with Crippen molar-refractivity contribution < 1.29 is 17.9 Å². The Balaban J connectivity index is 1.54. The first-order valence-electron chi connectivity index (χ1n) is 9.14. The number of amides is 1. The van der Waals surface area contributed by atoms with Gasteiger partial charge >= 0.3 is 0 Å². The third-order valence-electron chi connectivity index (χ3n) is 4.62. The van der Waals surface area contributed by atoms with E-state index in [0.29, 0.717) is 18.8 Å². The highest BCUT2D eigenvalue weighted by Crippen LogP contribution is 2.23. The molecule has 0 radical (unpaired) electrons. The van der Waals surface area contributed by atoms with Gasteiger partial charge in [0.1, 0.15) is 5.75 Å². The molecule has 8 heteroatoms. The Bertz CT molecular complexity index is 925. The van der Waals surface area contributed by atoms with Crippen LogP contribution in [0.5, 0.6) is 5.75 Å². The zero-order valence-corrected chi connectivity index (χ0v) is 18.0. The molecule has 1 N–H and O–H groups in total. The number of nitrogens with zero attached hydrogens (tertiary/aromatic N) is 1. The summed E-state index contributed by atoms with van der Waals surface area (Å²) in [5.41, 5.74) is 0.985. The van der Waals surface area contributed by atoms with Crippen molar-refractivity contribution in [1.29, 1.82) is 0 Å². The van der Waals surface area contributed by atoms with Crippen molar-refractivity contribution in [2.24, 2.45) is 0 Å². The zero-order chi connectivity index (χ0) is 20.1. The summed E-state index contributed by atoms with van der Waals surface area (Å²) in [5.74, 6) is 0.201. The van der Waals surface area contributed by atoms with Crippen molar-refractivity contribution in [3.8, 4) is 5.75 Å². The van der Waals surface area contributed by atoms with E-state index in [1.807, 2.05) is 31.2 Å². The number of carbonyl (C=O) groups excluding carboxylic acids is 1. The lowest BCUT2D eigenvalue weighted by Crippen LogP contribution is -2.31. The molecular weight excluding hydrogens is 444 g/mol. The lowest BCUT2D eigenvalue weighted by molar-refractivity contribution is -0.123. The molecule has 3 rings (SSSR count). The van der Waals surface area contributed by atoms with E-state index in [1.165, 1.54) is 16.4 Å². The molecule has 0 unspecified atom stereocenters. The van der Waals surface area contributed by atoms with Gasteiger partial charge in [-0.05, 0) is 61.7 Å². The van der Waals surface area contributed by atoms with E-state index in [2.05, 4.69) is 21.2 Å². The predicted molar refractivity (Wildman–Crippen MR) is 111 cm³/mol. The number of hydrogen-bond donors (Lipinski definition) is 1. The Hall–Kier alpha value is -1.90. The van der Waals surface area contributed by atoms with Gasteiger partial charge in [0, 0.05) is 17.6 Å². The van der Waals surface area contributed by atoms with Crippen LogP contribution in [0.15, 0.2) is 57.9 Å². The summed E-state index contributed by atoms with van der Waals surface area (Å²) in [5, 5.41) is 2.88. The number of rotatable bonds is 7. The number of ether oxygens (including phenoxy) is 1. The van der Waals surface area contributed by atoms with Crippen molar-refractivity contribution in [3.05, 3.63) is 58.6 Å². The van der Waals surface area contributed by atoms with Gasteiger partial charge in [-0.15, -0.1) is 0 Å². The van der Waals surface area contributed by atoms with Crippen molar-refractivity contribution in [2.75, 3.05) is 19.7 Å². The van der Waals surface area contributed by atoms with Crippen LogP contribution in [0.4, 0.5) is 0 Å². The van der Waals surface area contributed by atoms with Crippen molar-refractivity contribution in [3.63, 3.8) is 0 Å². The molecule has 0 saturated carbocycles. The summed E-state index contributed by atoms with van der Waals surface area (Å²) in [6.07, 6.45) is 1.79. The fraction of sp³-hybridized carbons (Fsp3) is 0.350. The molecule has 1 saturated heterocycles. The quantitative estimate of drug-likeness (QED) is 0.677. The van der Waals surface area contributed by atoms with Gasteiger partial charge in [-0.1, -0.05) is 28.1 Å². The molecule has 1 heterocycles. The monoisotopic (exact) mass is 466 g/mol. The van der Waals surface area contributed by atoms with E-state index in [-0.39, 0.29) is 23.5 Å². The molecule has 150 valence electrons. The van der Waals surface area contributed by atoms with Crippen molar-refractivity contribution in [1.82, 2.24) is 9.62 Å². The molecule has 1 atom stereocenters. The Morgan fingerprint density at radius 1 is 1.18 bits per heavy atom. The second-order valence-electron chi connectivity index (χ2n) is 6.72. The van der Waals surface area contributed by atoms with Crippen LogP contribution in [-0.4, -0.2) is 38.3 Å². The second-order valence-corrected chi connectivity index (χ2v) is 9.57. The van der Waals surface area contributed by atoms with Gasteiger partial charge in [-0.25, -0.2) is 8.42 Å². The van der Waals surface area contributed by atoms with Gasteiger partial charge in [-0.3, -0.25) is 4.79 Å². The molecular formula is C20H23BrN2O4S. The minimum Gasteiger partial charge on any atom is -0.484 e. The lowest BCUT2D eigenvalue weighted by Gasteiger charge is -2.16. The van der Waals surface area contributed by atoms with E-state index in [4.69, 9.17) is 4.74 Å². The topological polar surface area (TPSA) is 75.7 Å². The van der Waals surface area contributed by atoms with Crippen LogP contribution < -0.4 is 10.1 Å². The van der Waals surface area contributed by atoms with Crippen LogP contribution >= 0.6 is 15.9 Å². The van der Waals surface area contributed by atoms with Crippen LogP contribution in [0.2, 0.25) is 0 Å². The number of benzene rings is 2. The van der Waals surface area contributed by atoms with E-state index in [0.717, 1.165) is 22.9 Å². The minimum atomic E-state index is -3.44. The highest BCUT2D eigenvalue weighted by Gasteiger charge is 2.26. The van der Waals surface area contributed by atoms with Crippen LogP contribution in [0.25, 0.3) is 0 Å². The van der Waals surface area contributed by atoms with Crippen LogP contribution in [0.1, 0.15) is 31.4 Å². The first-order valence-corrected chi connectivity index (χ1v) is 11.4. The molecule has 1 amide bonds. The Labute approximate surface area is 174 Å². The van der Waals surface area contributed by atoms with E-state index in [1.54, 1.807) is 12.1 Å². The Morgan fingerprint density at radius 3 is 2.50 bits per heavy atom. The molecule has 0 aliphatic carbocycles. The molecule has 2 aromatic carbocycles. The standard InChI is InChI=1S/C20H23BrN2O4S/c1-15(16-5-4-6-17(21)13-16)22-20(24)14-27-18-7-9-19(10-8-18)28(25,26)23-11-2-3-12-23/h4-10,13,15H,2-3,11-12,14H2,1H3,(H,22,24)/t15-/m0/s1. The SMILES string of the molecule is C[C@H](NC(=O)COc1ccc(S(=O)(=O)N2CCCC2)cc1)c1cccc(Br)c1. The number of nitrogens with one attached hydrogen (secondary N) is 1. The molecule has 1 aliphatic rings. The number of sulfonamides is 1. The average molecular weight is 467 g/mol. The molecule has 1 aliphatic heterocycles. The molecule has 28 heavy (non-hydrogen) atoms. The first kappa shape index (κ1) is 20.8. The van der Waals surface area contributed by atoms with E-state index in [9.17, 15) is 13.2 Å². The Morgan fingerprint density at radius 2 is 1.86 bits per heavy atom. The van der Waals surface area contributed by atoms with Crippen molar-refractivity contribution in [2.45, 2.75) is 30.7 Å². The minimum absolute atomic E-state index is 0.142. The lowest BCUT2D eigenvalue weighted by atomic mass is 10.1. The fourth-order valence-corrected chi connectivity index (χ4v) is 5.01. The van der Waals surface area contributed by atoms with Gasteiger partial charge in [0.2, 0.25) is 10.0 Å². The van der Waals surface area contributed by atoms with E-state index < -0.39 is 10.0 Å². The van der Waals surface area contributed by atoms with Gasteiger partial charge in [0.15, 0.2) is 6.61 Å². The number of hydrogen-bond acceptors (Lipinski definition) is 4. The molecule has 0 bridgehead atoms. The summed E-state index contributed by atoms with van der Waals surface area (Å²) in [4.78, 5) is 12.4. The van der Waals surface area contributed by atoms with Gasteiger partial charge in [0.25, 0.3) is 5.91 Å².